The summed E-state index contributed by atoms with van der Waals surface area (Å²) in [6.07, 6.45) is 4.35. The Morgan fingerprint density at radius 3 is 2.68 bits per heavy atom. The second-order valence-electron chi connectivity index (χ2n) is 6.56. The maximum atomic E-state index is 12.5. The molecule has 0 bridgehead atoms. The molecule has 0 unspecified atom stereocenters. The molecule has 1 aliphatic rings. The first kappa shape index (κ1) is 17.7. The highest BCUT2D eigenvalue weighted by Gasteiger charge is 2.26. The summed E-state index contributed by atoms with van der Waals surface area (Å²) < 4.78 is 4.95. The SMILES string of the molecule is COC(=O)c1c(NC(=O)Cc2ccc(C)cc2C)sc2c1CCCC2. The van der Waals surface area contributed by atoms with E-state index in [0.29, 0.717) is 17.0 Å². The Balaban J connectivity index is 1.83. The fraction of sp³-hybridized carbons (Fsp3) is 0.400. The number of fused-ring (bicyclic) bond motifs is 1. The van der Waals surface area contributed by atoms with Crippen molar-refractivity contribution in [1.82, 2.24) is 0 Å². The van der Waals surface area contributed by atoms with Crippen molar-refractivity contribution in [3.05, 3.63) is 50.9 Å². The molecule has 0 fully saturated rings. The Kier molecular flexibility index (Phi) is 5.23. The average molecular weight is 357 g/mol. The molecule has 1 aliphatic carbocycles. The van der Waals surface area contributed by atoms with Crippen molar-refractivity contribution < 1.29 is 14.3 Å². The third-order valence-electron chi connectivity index (χ3n) is 4.66. The van der Waals surface area contributed by atoms with Crippen molar-refractivity contribution in [1.29, 1.82) is 0 Å². The maximum absolute atomic E-state index is 12.5. The minimum atomic E-state index is -0.360. The van der Waals surface area contributed by atoms with Crippen LogP contribution in [0.2, 0.25) is 0 Å². The number of nitrogens with one attached hydrogen (secondary N) is 1. The molecular formula is C20H23NO3S. The lowest BCUT2D eigenvalue weighted by molar-refractivity contribution is -0.115. The lowest BCUT2D eigenvalue weighted by Crippen LogP contribution is -2.17. The molecule has 0 atom stereocenters. The zero-order valence-electron chi connectivity index (χ0n) is 14.9. The zero-order chi connectivity index (χ0) is 18.0. The first-order chi connectivity index (χ1) is 12.0. The van der Waals surface area contributed by atoms with E-state index in [4.69, 9.17) is 4.74 Å². The normalized spacial score (nSPS) is 13.2. The average Bonchev–Trinajstić information content (AvgIpc) is 2.94. The van der Waals surface area contributed by atoms with Gasteiger partial charge in [-0.2, -0.15) is 0 Å². The molecule has 1 N–H and O–H groups in total. The summed E-state index contributed by atoms with van der Waals surface area (Å²) >= 11 is 1.52. The van der Waals surface area contributed by atoms with E-state index in [2.05, 4.69) is 11.4 Å². The molecule has 0 spiro atoms. The second kappa shape index (κ2) is 7.40. The van der Waals surface area contributed by atoms with E-state index < -0.39 is 0 Å². The lowest BCUT2D eigenvalue weighted by atomic mass is 9.95. The number of amides is 1. The molecule has 0 saturated heterocycles. The van der Waals surface area contributed by atoms with Gasteiger partial charge in [0.2, 0.25) is 5.91 Å². The number of carbonyl (C=O) groups is 2. The molecule has 3 rings (SSSR count). The molecular weight excluding hydrogens is 334 g/mol. The van der Waals surface area contributed by atoms with E-state index in [-0.39, 0.29) is 11.9 Å². The summed E-state index contributed by atoms with van der Waals surface area (Å²) in [5.41, 5.74) is 4.90. The van der Waals surface area contributed by atoms with Crippen molar-refractivity contribution in [2.75, 3.05) is 12.4 Å². The Labute approximate surface area is 152 Å². The molecule has 5 heteroatoms. The zero-order valence-corrected chi connectivity index (χ0v) is 15.7. The van der Waals surface area contributed by atoms with Gasteiger partial charge in [0.25, 0.3) is 0 Å². The fourth-order valence-corrected chi connectivity index (χ4v) is 4.65. The summed E-state index contributed by atoms with van der Waals surface area (Å²) in [6, 6.07) is 6.08. The van der Waals surface area contributed by atoms with Crippen molar-refractivity contribution in [2.24, 2.45) is 0 Å². The molecule has 2 aromatic rings. The van der Waals surface area contributed by atoms with Crippen LogP contribution in [0.4, 0.5) is 5.00 Å². The molecule has 0 radical (unpaired) electrons. The molecule has 4 nitrogen and oxygen atoms in total. The fourth-order valence-electron chi connectivity index (χ4n) is 3.36. The van der Waals surface area contributed by atoms with Gasteiger partial charge in [-0.25, -0.2) is 4.79 Å². The van der Waals surface area contributed by atoms with Gasteiger partial charge >= 0.3 is 5.97 Å². The van der Waals surface area contributed by atoms with Crippen LogP contribution in [-0.2, 0) is 28.8 Å². The van der Waals surface area contributed by atoms with Crippen LogP contribution < -0.4 is 5.32 Å². The van der Waals surface area contributed by atoms with Gasteiger partial charge in [-0.3, -0.25) is 4.79 Å². The molecule has 1 aromatic carbocycles. The second-order valence-corrected chi connectivity index (χ2v) is 7.67. The Hall–Kier alpha value is -2.14. The summed E-state index contributed by atoms with van der Waals surface area (Å²) in [6.45, 7) is 4.05. The van der Waals surface area contributed by atoms with Crippen LogP contribution in [0.3, 0.4) is 0 Å². The predicted octanol–water partition coefficient (Wildman–Crippen LogP) is 4.21. The molecule has 0 aliphatic heterocycles. The number of anilines is 1. The van der Waals surface area contributed by atoms with Crippen molar-refractivity contribution >= 4 is 28.2 Å². The molecule has 132 valence electrons. The number of rotatable bonds is 4. The number of hydrogen-bond donors (Lipinski definition) is 1. The summed E-state index contributed by atoms with van der Waals surface area (Å²) in [5.74, 6) is -0.461. The molecule has 1 heterocycles. The number of thiophene rings is 1. The van der Waals surface area contributed by atoms with Gasteiger partial charge in [-0.05, 0) is 56.2 Å². The van der Waals surface area contributed by atoms with E-state index in [0.717, 1.165) is 42.4 Å². The van der Waals surface area contributed by atoms with Gasteiger partial charge in [-0.15, -0.1) is 11.3 Å². The Bertz CT molecular complexity index is 823. The number of carbonyl (C=O) groups excluding carboxylic acids is 2. The van der Waals surface area contributed by atoms with Crippen LogP contribution in [0.25, 0.3) is 0 Å². The van der Waals surface area contributed by atoms with E-state index in [1.165, 1.54) is 28.9 Å². The van der Waals surface area contributed by atoms with E-state index in [9.17, 15) is 9.59 Å². The van der Waals surface area contributed by atoms with Crippen LogP contribution in [0.5, 0.6) is 0 Å². The predicted molar refractivity (Wildman–Crippen MR) is 101 cm³/mol. The number of esters is 1. The van der Waals surface area contributed by atoms with E-state index in [1.54, 1.807) is 0 Å². The van der Waals surface area contributed by atoms with Crippen LogP contribution in [0.15, 0.2) is 18.2 Å². The number of aryl methyl sites for hydroxylation is 3. The number of ether oxygens (including phenoxy) is 1. The monoisotopic (exact) mass is 357 g/mol. The van der Waals surface area contributed by atoms with Crippen LogP contribution >= 0.6 is 11.3 Å². The third kappa shape index (κ3) is 3.76. The quantitative estimate of drug-likeness (QED) is 0.834. The van der Waals surface area contributed by atoms with E-state index in [1.807, 2.05) is 26.0 Å². The first-order valence-electron chi connectivity index (χ1n) is 8.58. The summed E-state index contributed by atoms with van der Waals surface area (Å²) in [4.78, 5) is 26.0. The maximum Gasteiger partial charge on any atom is 0.341 e. The van der Waals surface area contributed by atoms with Crippen molar-refractivity contribution in [2.45, 2.75) is 46.0 Å². The summed E-state index contributed by atoms with van der Waals surface area (Å²) in [7, 11) is 1.39. The largest absolute Gasteiger partial charge is 0.465 e. The standard InChI is InChI=1S/C20H23NO3S/c1-12-8-9-14(13(2)10-12)11-17(22)21-19-18(20(23)24-3)15-6-4-5-7-16(15)25-19/h8-10H,4-7,11H2,1-3H3,(H,21,22). The van der Waals surface area contributed by atoms with Gasteiger partial charge in [-0.1, -0.05) is 23.8 Å². The van der Waals surface area contributed by atoms with Crippen molar-refractivity contribution in [3.63, 3.8) is 0 Å². The topological polar surface area (TPSA) is 55.4 Å². The van der Waals surface area contributed by atoms with Gasteiger partial charge in [0.05, 0.1) is 19.1 Å². The third-order valence-corrected chi connectivity index (χ3v) is 5.87. The Morgan fingerprint density at radius 1 is 1.20 bits per heavy atom. The highest BCUT2D eigenvalue weighted by atomic mass is 32.1. The molecule has 25 heavy (non-hydrogen) atoms. The first-order valence-corrected chi connectivity index (χ1v) is 9.40. The smallest absolute Gasteiger partial charge is 0.341 e. The minimum absolute atomic E-state index is 0.101. The minimum Gasteiger partial charge on any atom is -0.465 e. The highest BCUT2D eigenvalue weighted by molar-refractivity contribution is 7.17. The van der Waals surface area contributed by atoms with Crippen LogP contribution in [-0.4, -0.2) is 19.0 Å². The van der Waals surface area contributed by atoms with E-state index >= 15 is 0 Å². The van der Waals surface area contributed by atoms with Gasteiger partial charge in [0, 0.05) is 4.88 Å². The van der Waals surface area contributed by atoms with Gasteiger partial charge < -0.3 is 10.1 Å². The molecule has 1 aromatic heterocycles. The lowest BCUT2D eigenvalue weighted by Gasteiger charge is -2.12. The number of benzene rings is 1. The number of methoxy groups -OCH3 is 1. The molecule has 0 saturated carbocycles. The van der Waals surface area contributed by atoms with Gasteiger partial charge in [0.15, 0.2) is 0 Å². The highest BCUT2D eigenvalue weighted by Crippen LogP contribution is 2.38. The van der Waals surface area contributed by atoms with Gasteiger partial charge in [0.1, 0.15) is 5.00 Å². The molecule has 1 amide bonds. The number of hydrogen-bond acceptors (Lipinski definition) is 4. The van der Waals surface area contributed by atoms with Crippen molar-refractivity contribution in [3.8, 4) is 0 Å². The Morgan fingerprint density at radius 2 is 1.96 bits per heavy atom. The summed E-state index contributed by atoms with van der Waals surface area (Å²) in [5, 5.41) is 3.58. The van der Waals surface area contributed by atoms with Crippen LogP contribution in [0.1, 0.15) is 50.3 Å². The van der Waals surface area contributed by atoms with Crippen LogP contribution in [0, 0.1) is 13.8 Å².